The highest BCUT2D eigenvalue weighted by atomic mass is 31.1. The average Bonchev–Trinajstić information content (AvgIpc) is 2.20. The summed E-state index contributed by atoms with van der Waals surface area (Å²) >= 11 is 0. The lowest BCUT2D eigenvalue weighted by atomic mass is 10.2. The van der Waals surface area contributed by atoms with Crippen LogP contribution in [0.15, 0.2) is 30.3 Å². The van der Waals surface area contributed by atoms with Crippen molar-refractivity contribution >= 4 is 13.3 Å². The summed E-state index contributed by atoms with van der Waals surface area (Å²) < 4.78 is 10.4. The van der Waals surface area contributed by atoms with Gasteiger partial charge in [-0.1, -0.05) is 32.0 Å². The van der Waals surface area contributed by atoms with Crippen LogP contribution in [0.4, 0.5) is 0 Å². The average molecular weight is 216 g/mol. The third-order valence-corrected chi connectivity index (χ3v) is 2.21. The Balaban J connectivity index is 0.000000292. The minimum atomic E-state index is -2.46. The van der Waals surface area contributed by atoms with Gasteiger partial charge in [0.05, 0.1) is 0 Å². The Bertz CT molecular complexity index is 259. The van der Waals surface area contributed by atoms with Crippen molar-refractivity contribution in [2.24, 2.45) is 5.92 Å². The highest BCUT2D eigenvalue weighted by Crippen LogP contribution is 2.10. The van der Waals surface area contributed by atoms with Gasteiger partial charge >= 0.3 is 0 Å². The first kappa shape index (κ1) is 13.4. The number of hydrogen-bond donors (Lipinski definition) is 2. The molecule has 80 valence electrons. The summed E-state index contributed by atoms with van der Waals surface area (Å²) in [5.41, 5.74) is 0. The van der Waals surface area contributed by atoms with Gasteiger partial charge in [-0.25, -0.2) is 0 Å². The Morgan fingerprint density at radius 2 is 1.71 bits per heavy atom. The standard InChI is InChI=1S/C6H7O2P.C4H10O/c7-9(8)6-4-2-1-3-5-6;1-4(2)3-5/h1-5,9H,(H,7,8);4-5H,3H2,1-2H3. The summed E-state index contributed by atoms with van der Waals surface area (Å²) in [5, 5.41) is 8.66. The zero-order valence-electron chi connectivity index (χ0n) is 8.47. The van der Waals surface area contributed by atoms with Crippen molar-refractivity contribution in [1.29, 1.82) is 0 Å². The Morgan fingerprint density at radius 1 is 1.29 bits per heavy atom. The smallest absolute Gasteiger partial charge is 0.218 e. The van der Waals surface area contributed by atoms with E-state index < -0.39 is 8.03 Å². The van der Waals surface area contributed by atoms with E-state index in [0.717, 1.165) is 0 Å². The number of rotatable bonds is 2. The molecule has 1 rings (SSSR count). The summed E-state index contributed by atoms with van der Waals surface area (Å²) in [4.78, 5) is 8.57. The van der Waals surface area contributed by atoms with E-state index in [0.29, 0.717) is 17.8 Å². The van der Waals surface area contributed by atoms with Crippen molar-refractivity contribution < 1.29 is 14.6 Å². The first-order valence-electron chi connectivity index (χ1n) is 4.47. The third-order valence-electron chi connectivity index (χ3n) is 1.39. The van der Waals surface area contributed by atoms with Crippen molar-refractivity contribution in [3.05, 3.63) is 30.3 Å². The van der Waals surface area contributed by atoms with Crippen LogP contribution in [0.3, 0.4) is 0 Å². The van der Waals surface area contributed by atoms with Crippen LogP contribution in [0.2, 0.25) is 0 Å². The molecule has 0 heterocycles. The predicted molar refractivity (Wildman–Crippen MR) is 59.2 cm³/mol. The molecule has 0 aliphatic rings. The summed E-state index contributed by atoms with van der Waals surface area (Å²) in [5.74, 6) is 0.440. The molecule has 0 bridgehead atoms. The fourth-order valence-electron chi connectivity index (χ4n) is 0.581. The highest BCUT2D eigenvalue weighted by molar-refractivity contribution is 7.47. The van der Waals surface area contributed by atoms with Crippen LogP contribution in [0.25, 0.3) is 0 Å². The maximum Gasteiger partial charge on any atom is 0.218 e. The van der Waals surface area contributed by atoms with E-state index in [1.165, 1.54) is 0 Å². The van der Waals surface area contributed by atoms with Crippen LogP contribution in [-0.2, 0) is 4.57 Å². The molecule has 0 fully saturated rings. The van der Waals surface area contributed by atoms with Gasteiger partial charge in [0.2, 0.25) is 8.03 Å². The summed E-state index contributed by atoms with van der Waals surface area (Å²) in [6, 6.07) is 8.58. The monoisotopic (exact) mass is 216 g/mol. The number of aliphatic hydroxyl groups is 1. The molecule has 1 aromatic rings. The molecular weight excluding hydrogens is 199 g/mol. The fraction of sp³-hybridized carbons (Fsp3) is 0.400. The fourth-order valence-corrected chi connectivity index (χ4v) is 1.06. The Hall–Kier alpha value is -0.630. The van der Waals surface area contributed by atoms with E-state index >= 15 is 0 Å². The SMILES string of the molecule is CC(C)CO.O=[PH](O)c1ccccc1. The molecular formula is C10H17O3P. The molecule has 0 amide bonds. The van der Waals surface area contributed by atoms with E-state index in [4.69, 9.17) is 10.00 Å². The minimum Gasteiger partial charge on any atom is -0.396 e. The van der Waals surface area contributed by atoms with Gasteiger partial charge in [0.15, 0.2) is 0 Å². The maximum atomic E-state index is 10.4. The van der Waals surface area contributed by atoms with E-state index in [9.17, 15) is 4.57 Å². The van der Waals surface area contributed by atoms with E-state index in [1.807, 2.05) is 19.9 Å². The van der Waals surface area contributed by atoms with Gasteiger partial charge in [0, 0.05) is 11.9 Å². The van der Waals surface area contributed by atoms with Crippen LogP contribution in [0.5, 0.6) is 0 Å². The second-order valence-corrected chi connectivity index (χ2v) is 4.44. The van der Waals surface area contributed by atoms with Gasteiger partial charge in [0.25, 0.3) is 0 Å². The van der Waals surface area contributed by atoms with Gasteiger partial charge in [-0.05, 0) is 18.1 Å². The van der Waals surface area contributed by atoms with E-state index in [1.54, 1.807) is 24.3 Å². The van der Waals surface area contributed by atoms with Gasteiger partial charge in [-0.15, -0.1) is 0 Å². The number of aliphatic hydroxyl groups excluding tert-OH is 1. The normalized spacial score (nSPS) is 11.8. The molecule has 0 saturated carbocycles. The molecule has 0 radical (unpaired) electrons. The van der Waals surface area contributed by atoms with Crippen LogP contribution < -0.4 is 5.30 Å². The van der Waals surface area contributed by atoms with Crippen molar-refractivity contribution in [2.75, 3.05) is 6.61 Å². The topological polar surface area (TPSA) is 57.5 Å². The molecule has 1 unspecified atom stereocenters. The number of hydrogen-bond acceptors (Lipinski definition) is 2. The molecule has 3 nitrogen and oxygen atoms in total. The lowest BCUT2D eigenvalue weighted by Crippen LogP contribution is -1.91. The van der Waals surface area contributed by atoms with Crippen LogP contribution in [0.1, 0.15) is 13.8 Å². The first-order chi connectivity index (χ1) is 6.57. The molecule has 0 saturated heterocycles. The lowest BCUT2D eigenvalue weighted by Gasteiger charge is -1.90. The molecule has 0 spiro atoms. The minimum absolute atomic E-state index is 0.306. The molecule has 4 heteroatoms. The van der Waals surface area contributed by atoms with Crippen molar-refractivity contribution in [1.82, 2.24) is 0 Å². The third kappa shape index (κ3) is 6.84. The molecule has 0 aromatic heterocycles. The highest BCUT2D eigenvalue weighted by Gasteiger charge is 1.92. The molecule has 0 aliphatic heterocycles. The van der Waals surface area contributed by atoms with Crippen molar-refractivity contribution in [3.63, 3.8) is 0 Å². The van der Waals surface area contributed by atoms with E-state index in [-0.39, 0.29) is 0 Å². The quantitative estimate of drug-likeness (QED) is 0.735. The Kier molecular flexibility index (Phi) is 7.40. The Labute approximate surface area is 85.3 Å². The largest absolute Gasteiger partial charge is 0.396 e. The molecule has 0 aliphatic carbocycles. The predicted octanol–water partition coefficient (Wildman–Crippen LogP) is 1.41. The zero-order valence-corrected chi connectivity index (χ0v) is 9.47. The zero-order chi connectivity index (χ0) is 11.0. The molecule has 14 heavy (non-hydrogen) atoms. The van der Waals surface area contributed by atoms with Gasteiger partial charge in [-0.2, -0.15) is 0 Å². The second kappa shape index (κ2) is 7.74. The van der Waals surface area contributed by atoms with Crippen LogP contribution in [-0.4, -0.2) is 16.6 Å². The van der Waals surface area contributed by atoms with Crippen molar-refractivity contribution in [3.8, 4) is 0 Å². The van der Waals surface area contributed by atoms with Gasteiger partial charge < -0.3 is 10.00 Å². The number of benzene rings is 1. The van der Waals surface area contributed by atoms with Crippen molar-refractivity contribution in [2.45, 2.75) is 13.8 Å². The van der Waals surface area contributed by atoms with Crippen LogP contribution >= 0.6 is 8.03 Å². The van der Waals surface area contributed by atoms with Gasteiger partial charge in [0.1, 0.15) is 0 Å². The molecule has 1 aromatic carbocycles. The van der Waals surface area contributed by atoms with Gasteiger partial charge in [-0.3, -0.25) is 4.57 Å². The first-order valence-corrected chi connectivity index (χ1v) is 5.82. The summed E-state index contributed by atoms with van der Waals surface area (Å²) in [7, 11) is -2.46. The van der Waals surface area contributed by atoms with Crippen LogP contribution in [0, 0.1) is 5.92 Å². The second-order valence-electron chi connectivity index (χ2n) is 3.25. The summed E-state index contributed by atoms with van der Waals surface area (Å²) in [6.07, 6.45) is 0. The summed E-state index contributed by atoms with van der Waals surface area (Å²) in [6.45, 7) is 4.25. The molecule has 2 N–H and O–H groups in total. The Morgan fingerprint density at radius 3 is 1.93 bits per heavy atom. The maximum absolute atomic E-state index is 10.4. The van der Waals surface area contributed by atoms with E-state index in [2.05, 4.69) is 0 Å². The lowest BCUT2D eigenvalue weighted by molar-refractivity contribution is 0.248. The molecule has 1 atom stereocenters.